The van der Waals surface area contributed by atoms with Crippen molar-refractivity contribution in [1.29, 1.82) is 0 Å². The van der Waals surface area contributed by atoms with Crippen LogP contribution in [0.5, 0.6) is 0 Å². The van der Waals surface area contributed by atoms with Crippen LogP contribution < -0.4 is 11.0 Å². The quantitative estimate of drug-likeness (QED) is 0.544. The monoisotopic (exact) mass is 404 g/mol. The highest BCUT2D eigenvalue weighted by atomic mass is 16.3. The molecule has 5 rings (SSSR count). The van der Waals surface area contributed by atoms with Crippen LogP contribution in [0.4, 0.5) is 11.6 Å². The molecule has 0 aliphatic heterocycles. The highest BCUT2D eigenvalue weighted by Crippen LogP contribution is 2.30. The Kier molecular flexibility index (Phi) is 4.51. The summed E-state index contributed by atoms with van der Waals surface area (Å²) in [7, 11) is 1.75. The molecule has 0 bridgehead atoms. The van der Waals surface area contributed by atoms with E-state index in [2.05, 4.69) is 15.3 Å². The molecular formula is C22H24N6O2. The smallest absolute Gasteiger partial charge is 0.330 e. The predicted molar refractivity (Wildman–Crippen MR) is 116 cm³/mol. The lowest BCUT2D eigenvalue weighted by Crippen LogP contribution is -2.30. The molecule has 0 saturated heterocycles. The molecule has 3 heterocycles. The fourth-order valence-corrected chi connectivity index (χ4v) is 4.32. The maximum atomic E-state index is 12.9. The van der Waals surface area contributed by atoms with Crippen LogP contribution in [-0.2, 0) is 7.05 Å². The van der Waals surface area contributed by atoms with Crippen LogP contribution in [0.3, 0.4) is 0 Å². The number of aromatic nitrogens is 5. The lowest BCUT2D eigenvalue weighted by atomic mass is 9.93. The van der Waals surface area contributed by atoms with Crippen LogP contribution in [0.2, 0.25) is 0 Å². The maximum Gasteiger partial charge on any atom is 0.330 e. The van der Waals surface area contributed by atoms with Crippen molar-refractivity contribution in [3.63, 3.8) is 0 Å². The number of anilines is 2. The van der Waals surface area contributed by atoms with Gasteiger partial charge in [0.15, 0.2) is 5.65 Å². The molecule has 0 radical (unpaired) electrons. The minimum atomic E-state index is -0.274. The molecule has 8 nitrogen and oxygen atoms in total. The number of rotatable bonds is 3. The summed E-state index contributed by atoms with van der Waals surface area (Å²) in [5.74, 6) is 0.448. The van der Waals surface area contributed by atoms with Crippen molar-refractivity contribution >= 4 is 33.7 Å². The van der Waals surface area contributed by atoms with Gasteiger partial charge in [-0.15, -0.1) is 0 Å². The van der Waals surface area contributed by atoms with Crippen molar-refractivity contribution in [1.82, 2.24) is 24.1 Å². The molecule has 3 aromatic heterocycles. The van der Waals surface area contributed by atoms with Crippen LogP contribution in [0, 0.1) is 6.92 Å². The minimum absolute atomic E-state index is 0.0424. The standard InChI is InChI=1S/C22H24N6O2/c1-13-10-18-14(4-3-9-23-18)11-17(13)25-21-24-12-19-20(26-21)28(22(30)27(19)2)15-5-7-16(29)8-6-15/h3-4,9-12,15-16,29H,5-8H2,1-2H3,(H,24,25,26)/t15-,16-. The molecule has 1 aliphatic rings. The Morgan fingerprint density at radius 1 is 1.17 bits per heavy atom. The van der Waals surface area contributed by atoms with E-state index in [0.29, 0.717) is 30.0 Å². The number of nitrogens with zero attached hydrogens (tertiary/aromatic N) is 5. The molecule has 0 unspecified atom stereocenters. The number of nitrogens with one attached hydrogen (secondary N) is 1. The van der Waals surface area contributed by atoms with Crippen LogP contribution in [0.25, 0.3) is 22.1 Å². The zero-order chi connectivity index (χ0) is 20.8. The van der Waals surface area contributed by atoms with Gasteiger partial charge in [0.2, 0.25) is 5.95 Å². The lowest BCUT2D eigenvalue weighted by Gasteiger charge is -2.26. The fourth-order valence-electron chi connectivity index (χ4n) is 4.32. The van der Waals surface area contributed by atoms with Gasteiger partial charge in [-0.1, -0.05) is 6.07 Å². The molecule has 1 saturated carbocycles. The van der Waals surface area contributed by atoms with Gasteiger partial charge in [0.1, 0.15) is 5.52 Å². The van der Waals surface area contributed by atoms with Crippen LogP contribution in [0.15, 0.2) is 41.5 Å². The molecule has 0 atom stereocenters. The molecule has 4 aromatic rings. The van der Waals surface area contributed by atoms with Crippen molar-refractivity contribution in [3.05, 3.63) is 52.7 Å². The number of hydrogen-bond donors (Lipinski definition) is 2. The van der Waals surface area contributed by atoms with Crippen LogP contribution in [0.1, 0.15) is 37.3 Å². The largest absolute Gasteiger partial charge is 0.393 e. The van der Waals surface area contributed by atoms with Crippen molar-refractivity contribution in [3.8, 4) is 0 Å². The van der Waals surface area contributed by atoms with Crippen LogP contribution in [-0.4, -0.2) is 35.3 Å². The number of benzene rings is 1. The molecule has 0 spiro atoms. The van der Waals surface area contributed by atoms with E-state index < -0.39 is 0 Å². The summed E-state index contributed by atoms with van der Waals surface area (Å²) in [4.78, 5) is 26.5. The normalized spacial score (nSPS) is 19.4. The zero-order valence-electron chi connectivity index (χ0n) is 17.0. The summed E-state index contributed by atoms with van der Waals surface area (Å²) in [5, 5.41) is 14.2. The van der Waals surface area contributed by atoms with E-state index in [9.17, 15) is 9.90 Å². The number of aliphatic hydroxyl groups excluding tert-OH is 1. The van der Waals surface area contributed by atoms with Crippen LogP contribution >= 0.6 is 0 Å². The molecule has 0 amide bonds. The number of hydrogen-bond acceptors (Lipinski definition) is 6. The van der Waals surface area contributed by atoms with Crippen molar-refractivity contribution < 1.29 is 5.11 Å². The topological polar surface area (TPSA) is 97.9 Å². The fraction of sp³-hybridized carbons (Fsp3) is 0.364. The molecular weight excluding hydrogens is 380 g/mol. The Morgan fingerprint density at radius 3 is 2.77 bits per heavy atom. The Morgan fingerprint density at radius 2 is 1.97 bits per heavy atom. The Balaban J connectivity index is 1.56. The van der Waals surface area contributed by atoms with E-state index in [1.807, 2.05) is 31.2 Å². The average molecular weight is 404 g/mol. The Hall–Kier alpha value is -3.26. The van der Waals surface area contributed by atoms with Gasteiger partial charge in [-0.25, -0.2) is 9.78 Å². The van der Waals surface area contributed by atoms with Crippen molar-refractivity contribution in [2.45, 2.75) is 44.8 Å². The zero-order valence-corrected chi connectivity index (χ0v) is 17.0. The second-order valence-electron chi connectivity index (χ2n) is 8.06. The predicted octanol–water partition coefficient (Wildman–Crippen LogP) is 3.21. The summed E-state index contributed by atoms with van der Waals surface area (Å²) in [6.07, 6.45) is 6.14. The molecule has 1 aromatic carbocycles. The van der Waals surface area contributed by atoms with Gasteiger partial charge in [0, 0.05) is 30.4 Å². The molecule has 1 aliphatic carbocycles. The molecule has 1 fully saturated rings. The number of aliphatic hydroxyl groups is 1. The summed E-state index contributed by atoms with van der Waals surface area (Å²) in [6.45, 7) is 2.01. The first-order chi connectivity index (χ1) is 14.5. The third-order valence-electron chi connectivity index (χ3n) is 6.06. The second-order valence-corrected chi connectivity index (χ2v) is 8.06. The van der Waals surface area contributed by atoms with Crippen molar-refractivity contribution in [2.75, 3.05) is 5.32 Å². The van der Waals surface area contributed by atoms with Gasteiger partial charge in [-0.3, -0.25) is 14.1 Å². The van der Waals surface area contributed by atoms with E-state index in [4.69, 9.17) is 4.98 Å². The summed E-state index contributed by atoms with van der Waals surface area (Å²) >= 11 is 0. The first-order valence-corrected chi connectivity index (χ1v) is 10.3. The Bertz CT molecular complexity index is 1300. The van der Waals surface area contributed by atoms with Gasteiger partial charge in [0.25, 0.3) is 0 Å². The Labute approximate surface area is 173 Å². The van der Waals surface area contributed by atoms with Gasteiger partial charge < -0.3 is 10.4 Å². The molecule has 8 heteroatoms. The highest BCUT2D eigenvalue weighted by molar-refractivity contribution is 5.85. The van der Waals surface area contributed by atoms with E-state index in [0.717, 1.165) is 35.0 Å². The molecule has 154 valence electrons. The summed E-state index contributed by atoms with van der Waals surface area (Å²) in [6, 6.07) is 8.03. The van der Waals surface area contributed by atoms with Gasteiger partial charge in [-0.2, -0.15) is 4.98 Å². The SMILES string of the molecule is Cc1cc2ncccc2cc1Nc1ncc2c(n1)n([C@H]1CC[C@H](O)CC1)c(=O)n2C. The second kappa shape index (κ2) is 7.21. The van der Waals surface area contributed by atoms with E-state index >= 15 is 0 Å². The van der Waals surface area contributed by atoms with E-state index in [-0.39, 0.29) is 17.8 Å². The van der Waals surface area contributed by atoms with E-state index in [1.54, 1.807) is 28.6 Å². The summed E-state index contributed by atoms with van der Waals surface area (Å²) in [5.41, 5.74) is 4.12. The number of pyridine rings is 1. The van der Waals surface area contributed by atoms with E-state index in [1.165, 1.54) is 0 Å². The minimum Gasteiger partial charge on any atom is -0.393 e. The lowest BCUT2D eigenvalue weighted by molar-refractivity contribution is 0.110. The molecule has 2 N–H and O–H groups in total. The van der Waals surface area contributed by atoms with Gasteiger partial charge in [-0.05, 0) is 56.4 Å². The third-order valence-corrected chi connectivity index (χ3v) is 6.06. The first-order valence-electron chi connectivity index (χ1n) is 10.3. The average Bonchev–Trinajstić information content (AvgIpc) is 2.99. The van der Waals surface area contributed by atoms with Gasteiger partial charge in [0.05, 0.1) is 17.8 Å². The van der Waals surface area contributed by atoms with Crippen molar-refractivity contribution in [2.24, 2.45) is 7.05 Å². The number of fused-ring (bicyclic) bond motifs is 2. The summed E-state index contributed by atoms with van der Waals surface area (Å²) < 4.78 is 3.36. The first kappa shape index (κ1) is 18.7. The highest BCUT2D eigenvalue weighted by Gasteiger charge is 2.26. The van der Waals surface area contributed by atoms with Gasteiger partial charge >= 0.3 is 5.69 Å². The number of imidazole rings is 1. The third kappa shape index (κ3) is 3.13. The number of aryl methyl sites for hydroxylation is 2. The molecule has 30 heavy (non-hydrogen) atoms. The maximum absolute atomic E-state index is 12.9.